The Balaban J connectivity index is 3.17. The lowest BCUT2D eigenvalue weighted by Crippen LogP contribution is -1.99. The highest BCUT2D eigenvalue weighted by Crippen LogP contribution is 2.20. The van der Waals surface area contributed by atoms with E-state index >= 15 is 0 Å². The van der Waals surface area contributed by atoms with E-state index < -0.39 is 18.4 Å². The molecular formula is C10H9F2N. The number of hydrogen-bond donors (Lipinski definition) is 0. The molecule has 0 aliphatic rings. The molecule has 0 aromatic heterocycles. The van der Waals surface area contributed by atoms with Gasteiger partial charge in [0.25, 0.3) is 0 Å². The van der Waals surface area contributed by atoms with E-state index in [-0.39, 0.29) is 0 Å². The van der Waals surface area contributed by atoms with Crippen LogP contribution in [0.3, 0.4) is 0 Å². The van der Waals surface area contributed by atoms with Crippen LogP contribution in [0.15, 0.2) is 18.2 Å². The second-order valence-electron chi connectivity index (χ2n) is 2.90. The van der Waals surface area contributed by atoms with Gasteiger partial charge in [0.1, 0.15) is 5.82 Å². The van der Waals surface area contributed by atoms with Crippen molar-refractivity contribution < 1.29 is 8.78 Å². The minimum atomic E-state index is -0.585. The maximum atomic E-state index is 12.7. The second kappa shape index (κ2) is 3.99. The van der Waals surface area contributed by atoms with Crippen molar-refractivity contribution in [3.05, 3.63) is 35.1 Å². The first-order valence-electron chi connectivity index (χ1n) is 3.94. The third kappa shape index (κ3) is 2.03. The van der Waals surface area contributed by atoms with Gasteiger partial charge in [0.05, 0.1) is 18.3 Å². The average molecular weight is 181 g/mol. The van der Waals surface area contributed by atoms with Gasteiger partial charge in [-0.3, -0.25) is 4.39 Å². The Morgan fingerprint density at radius 2 is 2.23 bits per heavy atom. The number of nitrogens with zero attached hydrogens (tertiary/aromatic N) is 1. The first-order valence-corrected chi connectivity index (χ1v) is 3.94. The minimum Gasteiger partial charge on any atom is -0.250 e. The van der Waals surface area contributed by atoms with E-state index in [0.717, 1.165) is 0 Å². The summed E-state index contributed by atoms with van der Waals surface area (Å²) >= 11 is 0. The summed E-state index contributed by atoms with van der Waals surface area (Å²) in [4.78, 5) is 0. The molecule has 0 aliphatic heterocycles. The van der Waals surface area contributed by atoms with Gasteiger partial charge in [-0.2, -0.15) is 5.26 Å². The SMILES string of the molecule is CC(CF)c1cc(F)ccc1C#N. The van der Waals surface area contributed by atoms with Crippen LogP contribution in [0.4, 0.5) is 8.78 Å². The van der Waals surface area contributed by atoms with Crippen molar-refractivity contribution in [1.29, 1.82) is 5.26 Å². The van der Waals surface area contributed by atoms with Gasteiger partial charge in [-0.05, 0) is 23.8 Å². The molecule has 13 heavy (non-hydrogen) atoms. The van der Waals surface area contributed by atoms with Crippen LogP contribution in [0.5, 0.6) is 0 Å². The summed E-state index contributed by atoms with van der Waals surface area (Å²) in [6.45, 7) is 1.04. The standard InChI is InChI=1S/C10H9F2N/c1-7(5-11)10-4-9(12)3-2-8(10)6-13/h2-4,7H,5H2,1H3. The van der Waals surface area contributed by atoms with E-state index in [4.69, 9.17) is 5.26 Å². The summed E-state index contributed by atoms with van der Waals surface area (Å²) in [6.07, 6.45) is 0. The molecule has 0 amide bonds. The van der Waals surface area contributed by atoms with Gasteiger partial charge in [-0.25, -0.2) is 4.39 Å². The van der Waals surface area contributed by atoms with E-state index in [9.17, 15) is 8.78 Å². The van der Waals surface area contributed by atoms with Gasteiger partial charge in [0.2, 0.25) is 0 Å². The maximum Gasteiger partial charge on any atom is 0.123 e. The summed E-state index contributed by atoms with van der Waals surface area (Å²) in [5.41, 5.74) is 0.775. The van der Waals surface area contributed by atoms with Gasteiger partial charge in [0.15, 0.2) is 0 Å². The van der Waals surface area contributed by atoms with Gasteiger partial charge in [-0.15, -0.1) is 0 Å². The van der Waals surface area contributed by atoms with Crippen molar-refractivity contribution in [3.63, 3.8) is 0 Å². The van der Waals surface area contributed by atoms with Crippen molar-refractivity contribution in [2.75, 3.05) is 6.67 Å². The molecule has 0 heterocycles. The zero-order chi connectivity index (χ0) is 9.84. The summed E-state index contributed by atoms with van der Waals surface area (Å²) < 4.78 is 25.0. The maximum absolute atomic E-state index is 12.7. The van der Waals surface area contributed by atoms with Gasteiger partial charge in [-0.1, -0.05) is 6.92 Å². The van der Waals surface area contributed by atoms with Crippen molar-refractivity contribution in [2.24, 2.45) is 0 Å². The Kier molecular flexibility index (Phi) is 2.97. The number of halogens is 2. The number of nitriles is 1. The fourth-order valence-electron chi connectivity index (χ4n) is 1.13. The van der Waals surface area contributed by atoms with Crippen molar-refractivity contribution in [3.8, 4) is 6.07 Å². The molecule has 0 fully saturated rings. The largest absolute Gasteiger partial charge is 0.250 e. The molecule has 0 N–H and O–H groups in total. The highest BCUT2D eigenvalue weighted by molar-refractivity contribution is 5.39. The lowest BCUT2D eigenvalue weighted by Gasteiger charge is -2.08. The minimum absolute atomic E-state index is 0.339. The number of benzene rings is 1. The molecule has 0 bridgehead atoms. The summed E-state index contributed by atoms with van der Waals surface area (Å²) in [5.74, 6) is -0.861. The molecule has 0 saturated heterocycles. The first kappa shape index (κ1) is 9.66. The summed E-state index contributed by atoms with van der Waals surface area (Å²) in [5, 5.41) is 8.66. The molecule has 1 aromatic rings. The molecule has 0 saturated carbocycles. The van der Waals surface area contributed by atoms with E-state index in [1.165, 1.54) is 18.2 Å². The van der Waals surface area contributed by atoms with Crippen LogP contribution >= 0.6 is 0 Å². The van der Waals surface area contributed by atoms with Crippen molar-refractivity contribution in [1.82, 2.24) is 0 Å². The zero-order valence-electron chi connectivity index (χ0n) is 7.22. The zero-order valence-corrected chi connectivity index (χ0v) is 7.22. The Labute approximate surface area is 75.6 Å². The summed E-state index contributed by atoms with van der Waals surface area (Å²) in [6, 6.07) is 5.69. The van der Waals surface area contributed by atoms with Crippen LogP contribution < -0.4 is 0 Å². The van der Waals surface area contributed by atoms with Crippen LogP contribution in [-0.2, 0) is 0 Å². The molecule has 3 heteroatoms. The lowest BCUT2D eigenvalue weighted by atomic mass is 9.97. The quantitative estimate of drug-likeness (QED) is 0.688. The Bertz CT molecular complexity index is 341. The Hall–Kier alpha value is -1.43. The second-order valence-corrected chi connectivity index (χ2v) is 2.90. The van der Waals surface area contributed by atoms with E-state index in [0.29, 0.717) is 11.1 Å². The molecule has 1 rings (SSSR count). The van der Waals surface area contributed by atoms with Gasteiger partial charge < -0.3 is 0 Å². The topological polar surface area (TPSA) is 23.8 Å². The number of rotatable bonds is 2. The van der Waals surface area contributed by atoms with Crippen LogP contribution in [0, 0.1) is 17.1 Å². The number of alkyl halides is 1. The lowest BCUT2D eigenvalue weighted by molar-refractivity contribution is 0.445. The van der Waals surface area contributed by atoms with Crippen LogP contribution in [-0.4, -0.2) is 6.67 Å². The fourth-order valence-corrected chi connectivity index (χ4v) is 1.13. The first-order chi connectivity index (χ1) is 6.19. The summed E-state index contributed by atoms with van der Waals surface area (Å²) in [7, 11) is 0. The predicted octanol–water partition coefficient (Wildman–Crippen LogP) is 2.77. The normalized spacial score (nSPS) is 12.2. The Morgan fingerprint density at radius 1 is 1.54 bits per heavy atom. The Morgan fingerprint density at radius 3 is 2.77 bits per heavy atom. The van der Waals surface area contributed by atoms with Gasteiger partial charge in [0, 0.05) is 5.92 Å². The number of hydrogen-bond acceptors (Lipinski definition) is 1. The van der Waals surface area contributed by atoms with Crippen molar-refractivity contribution >= 4 is 0 Å². The van der Waals surface area contributed by atoms with E-state index in [2.05, 4.69) is 0 Å². The van der Waals surface area contributed by atoms with E-state index in [1.807, 2.05) is 6.07 Å². The molecule has 1 nitrogen and oxygen atoms in total. The highest BCUT2D eigenvalue weighted by Gasteiger charge is 2.10. The molecular weight excluding hydrogens is 172 g/mol. The molecule has 0 radical (unpaired) electrons. The molecule has 0 aliphatic carbocycles. The molecule has 1 aromatic carbocycles. The molecule has 68 valence electrons. The highest BCUT2D eigenvalue weighted by atomic mass is 19.1. The van der Waals surface area contributed by atoms with Crippen LogP contribution in [0.1, 0.15) is 24.0 Å². The van der Waals surface area contributed by atoms with Crippen LogP contribution in [0.25, 0.3) is 0 Å². The monoisotopic (exact) mass is 181 g/mol. The van der Waals surface area contributed by atoms with Gasteiger partial charge >= 0.3 is 0 Å². The third-order valence-electron chi connectivity index (χ3n) is 1.90. The molecule has 0 spiro atoms. The van der Waals surface area contributed by atoms with Crippen LogP contribution in [0.2, 0.25) is 0 Å². The smallest absolute Gasteiger partial charge is 0.123 e. The average Bonchev–Trinajstić information content (AvgIpc) is 2.16. The van der Waals surface area contributed by atoms with Crippen molar-refractivity contribution in [2.45, 2.75) is 12.8 Å². The predicted molar refractivity (Wildman–Crippen MR) is 45.5 cm³/mol. The van der Waals surface area contributed by atoms with E-state index in [1.54, 1.807) is 6.92 Å². The fraction of sp³-hybridized carbons (Fsp3) is 0.300. The third-order valence-corrected chi connectivity index (χ3v) is 1.90. The molecule has 1 atom stereocenters. The molecule has 1 unspecified atom stereocenters.